The number of aliphatic carboxylic acids is 1. The van der Waals surface area contributed by atoms with Crippen LogP contribution in [0.1, 0.15) is 37.0 Å². The fourth-order valence-corrected chi connectivity index (χ4v) is 2.52. The van der Waals surface area contributed by atoms with Crippen molar-refractivity contribution in [2.24, 2.45) is 0 Å². The van der Waals surface area contributed by atoms with Gasteiger partial charge in [-0.2, -0.15) is 0 Å². The molecule has 1 aromatic rings. The summed E-state index contributed by atoms with van der Waals surface area (Å²) in [4.78, 5) is 23.7. The number of carbonyl (C=O) groups excluding carboxylic acids is 1. The molecule has 2 N–H and O–H groups in total. The van der Waals surface area contributed by atoms with Gasteiger partial charge >= 0.3 is 5.97 Å². The molecule has 0 spiro atoms. The molecule has 21 heavy (non-hydrogen) atoms. The quantitative estimate of drug-likeness (QED) is 0.686. The van der Waals surface area contributed by atoms with E-state index >= 15 is 0 Å². The molecular formula is C14H17ClINO4. The molecule has 0 fully saturated rings. The smallest absolute Gasteiger partial charge is 0.329 e. The number of halogens is 2. The summed E-state index contributed by atoms with van der Waals surface area (Å²) >= 11 is 8.05. The molecule has 1 aromatic carbocycles. The summed E-state index contributed by atoms with van der Waals surface area (Å²) in [7, 11) is 1.44. The van der Waals surface area contributed by atoms with E-state index in [9.17, 15) is 14.7 Å². The predicted octanol–water partition coefficient (Wildman–Crippen LogP) is 3.33. The molecule has 116 valence electrons. The number of carboxylic acids is 1. The topological polar surface area (TPSA) is 75.6 Å². The zero-order valence-electron chi connectivity index (χ0n) is 12.0. The van der Waals surface area contributed by atoms with Crippen molar-refractivity contribution in [1.29, 1.82) is 0 Å². The molecule has 0 aliphatic carbocycles. The summed E-state index contributed by atoms with van der Waals surface area (Å²) in [5.74, 6) is -1.25. The Kier molecular flexibility index (Phi) is 6.27. The van der Waals surface area contributed by atoms with Crippen molar-refractivity contribution >= 4 is 46.1 Å². The first-order valence-corrected chi connectivity index (χ1v) is 7.79. The van der Waals surface area contributed by atoms with Crippen LogP contribution in [0.15, 0.2) is 12.1 Å². The van der Waals surface area contributed by atoms with Gasteiger partial charge in [0.25, 0.3) is 5.91 Å². The zero-order valence-corrected chi connectivity index (χ0v) is 14.9. The minimum Gasteiger partial charge on any atom is -0.496 e. The Morgan fingerprint density at radius 2 is 2.10 bits per heavy atom. The first-order chi connectivity index (χ1) is 9.75. The molecule has 0 heterocycles. The van der Waals surface area contributed by atoms with Gasteiger partial charge in [0, 0.05) is 3.57 Å². The standard InChI is InChI=1S/C14H17ClINO4/c1-4-5-14(2,13(19)20)17-12(18)8-6-9(15)10(16)7-11(8)21-3/h6-7H,4-5H2,1-3H3,(H,17,18)(H,19,20). The number of carboxylic acid groups (broad SMARTS) is 1. The molecule has 5 nitrogen and oxygen atoms in total. The van der Waals surface area contributed by atoms with Crippen molar-refractivity contribution in [3.8, 4) is 5.75 Å². The number of ether oxygens (including phenoxy) is 1. The van der Waals surface area contributed by atoms with Crippen molar-refractivity contribution in [3.05, 3.63) is 26.3 Å². The Hall–Kier alpha value is -1.02. The molecule has 1 rings (SSSR count). The Bertz CT molecular complexity index is 564. The summed E-state index contributed by atoms with van der Waals surface area (Å²) in [6, 6.07) is 3.11. The number of benzene rings is 1. The van der Waals surface area contributed by atoms with Crippen molar-refractivity contribution in [2.75, 3.05) is 7.11 Å². The van der Waals surface area contributed by atoms with Crippen LogP contribution in [0.5, 0.6) is 5.75 Å². The van der Waals surface area contributed by atoms with Gasteiger partial charge in [-0.15, -0.1) is 0 Å². The van der Waals surface area contributed by atoms with E-state index in [-0.39, 0.29) is 5.56 Å². The first kappa shape index (κ1) is 18.0. The Morgan fingerprint density at radius 1 is 1.48 bits per heavy atom. The molecule has 0 bridgehead atoms. The van der Waals surface area contributed by atoms with E-state index in [2.05, 4.69) is 5.32 Å². The van der Waals surface area contributed by atoms with E-state index in [1.165, 1.54) is 20.1 Å². The number of hydrogen-bond acceptors (Lipinski definition) is 3. The number of methoxy groups -OCH3 is 1. The first-order valence-electron chi connectivity index (χ1n) is 6.34. The van der Waals surface area contributed by atoms with E-state index in [1.807, 2.05) is 29.5 Å². The monoisotopic (exact) mass is 425 g/mol. The number of hydrogen-bond donors (Lipinski definition) is 2. The summed E-state index contributed by atoms with van der Waals surface area (Å²) in [5, 5.41) is 12.3. The largest absolute Gasteiger partial charge is 0.496 e. The Morgan fingerprint density at radius 3 is 2.57 bits per heavy atom. The van der Waals surface area contributed by atoms with Gasteiger partial charge in [0.05, 0.1) is 17.7 Å². The Balaban J connectivity index is 3.14. The van der Waals surface area contributed by atoms with E-state index < -0.39 is 17.4 Å². The second kappa shape index (κ2) is 7.31. The van der Waals surface area contributed by atoms with Crippen LogP contribution >= 0.6 is 34.2 Å². The van der Waals surface area contributed by atoms with Gasteiger partial charge < -0.3 is 15.2 Å². The van der Waals surface area contributed by atoms with Crippen LogP contribution in [-0.4, -0.2) is 29.6 Å². The lowest BCUT2D eigenvalue weighted by molar-refractivity contribution is -0.144. The SMILES string of the molecule is CCCC(C)(NC(=O)c1cc(Cl)c(I)cc1OC)C(=O)O. The highest BCUT2D eigenvalue weighted by atomic mass is 127. The zero-order chi connectivity index (χ0) is 16.2. The van der Waals surface area contributed by atoms with Crippen molar-refractivity contribution in [1.82, 2.24) is 5.32 Å². The molecule has 0 aromatic heterocycles. The molecule has 7 heteroatoms. The highest BCUT2D eigenvalue weighted by Gasteiger charge is 2.34. The lowest BCUT2D eigenvalue weighted by Gasteiger charge is -2.26. The van der Waals surface area contributed by atoms with Crippen LogP contribution < -0.4 is 10.1 Å². The maximum atomic E-state index is 12.4. The van der Waals surface area contributed by atoms with Gasteiger partial charge in [-0.25, -0.2) is 4.79 Å². The minimum absolute atomic E-state index is 0.214. The van der Waals surface area contributed by atoms with Crippen molar-refractivity contribution in [3.63, 3.8) is 0 Å². The maximum absolute atomic E-state index is 12.4. The lowest BCUT2D eigenvalue weighted by atomic mass is 9.95. The summed E-state index contributed by atoms with van der Waals surface area (Å²) < 4.78 is 5.91. The van der Waals surface area contributed by atoms with Gasteiger partial charge in [-0.05, 0) is 48.1 Å². The van der Waals surface area contributed by atoms with E-state index in [0.717, 1.165) is 3.57 Å². The minimum atomic E-state index is -1.33. The van der Waals surface area contributed by atoms with Crippen molar-refractivity contribution < 1.29 is 19.4 Å². The average molecular weight is 426 g/mol. The maximum Gasteiger partial charge on any atom is 0.329 e. The van der Waals surface area contributed by atoms with Gasteiger partial charge in [-0.3, -0.25) is 4.79 Å². The van der Waals surface area contributed by atoms with E-state index in [0.29, 0.717) is 23.6 Å². The van der Waals surface area contributed by atoms with Crippen LogP contribution in [0.25, 0.3) is 0 Å². The van der Waals surface area contributed by atoms with Crippen LogP contribution in [0.4, 0.5) is 0 Å². The van der Waals surface area contributed by atoms with Crippen LogP contribution in [0, 0.1) is 3.57 Å². The van der Waals surface area contributed by atoms with Gasteiger partial charge in [0.15, 0.2) is 0 Å². The van der Waals surface area contributed by atoms with Crippen LogP contribution in [0.3, 0.4) is 0 Å². The van der Waals surface area contributed by atoms with E-state index in [4.69, 9.17) is 16.3 Å². The van der Waals surface area contributed by atoms with Gasteiger partial charge in [-0.1, -0.05) is 24.9 Å². The number of rotatable bonds is 6. The molecule has 1 unspecified atom stereocenters. The summed E-state index contributed by atoms with van der Waals surface area (Å²) in [5.41, 5.74) is -1.11. The second-order valence-electron chi connectivity index (χ2n) is 4.81. The third-order valence-corrected chi connectivity index (χ3v) is 4.62. The molecule has 0 radical (unpaired) electrons. The van der Waals surface area contributed by atoms with Crippen molar-refractivity contribution in [2.45, 2.75) is 32.2 Å². The fourth-order valence-electron chi connectivity index (χ4n) is 1.92. The highest BCUT2D eigenvalue weighted by Crippen LogP contribution is 2.28. The third kappa shape index (κ3) is 4.23. The van der Waals surface area contributed by atoms with Gasteiger partial charge in [0.2, 0.25) is 0 Å². The summed E-state index contributed by atoms with van der Waals surface area (Å²) in [6.07, 6.45) is 0.960. The molecule has 0 aliphatic rings. The lowest BCUT2D eigenvalue weighted by Crippen LogP contribution is -2.52. The number of carbonyl (C=O) groups is 2. The molecule has 1 amide bonds. The second-order valence-corrected chi connectivity index (χ2v) is 6.38. The highest BCUT2D eigenvalue weighted by molar-refractivity contribution is 14.1. The number of nitrogens with one attached hydrogen (secondary N) is 1. The van der Waals surface area contributed by atoms with Crippen LogP contribution in [0.2, 0.25) is 5.02 Å². The predicted molar refractivity (Wildman–Crippen MR) is 89.1 cm³/mol. The molecule has 0 saturated carbocycles. The normalized spacial score (nSPS) is 13.4. The van der Waals surface area contributed by atoms with E-state index in [1.54, 1.807) is 6.07 Å². The Labute approximate surface area is 142 Å². The third-order valence-electron chi connectivity index (χ3n) is 3.10. The van der Waals surface area contributed by atoms with Gasteiger partial charge in [0.1, 0.15) is 11.3 Å². The van der Waals surface area contributed by atoms with Crippen LogP contribution in [-0.2, 0) is 4.79 Å². The molecule has 0 aliphatic heterocycles. The summed E-state index contributed by atoms with van der Waals surface area (Å²) in [6.45, 7) is 3.34. The molecule has 0 saturated heterocycles. The number of amides is 1. The average Bonchev–Trinajstić information content (AvgIpc) is 2.41. The molecular weight excluding hydrogens is 409 g/mol. The fraction of sp³-hybridized carbons (Fsp3) is 0.429. The molecule has 1 atom stereocenters.